The van der Waals surface area contributed by atoms with E-state index in [2.05, 4.69) is 31.3 Å². The van der Waals surface area contributed by atoms with Gasteiger partial charge < -0.3 is 10.1 Å². The number of rotatable bonds is 4. The molecule has 0 fully saturated rings. The first-order valence-corrected chi connectivity index (χ1v) is 8.50. The first-order chi connectivity index (χ1) is 10.7. The van der Waals surface area contributed by atoms with Crippen LogP contribution < -0.4 is 5.32 Å². The lowest BCUT2D eigenvalue weighted by molar-refractivity contribution is 0.0505. The number of carbonyl (C=O) groups is 1. The van der Waals surface area contributed by atoms with Crippen molar-refractivity contribution in [2.75, 3.05) is 0 Å². The first-order valence-electron chi connectivity index (χ1n) is 7.33. The molecular weight excluding hydrogens is 384 g/mol. The number of fused-ring (bicyclic) bond motifs is 1. The molecule has 0 saturated heterocycles. The molecule has 126 valence electrons. The van der Waals surface area contributed by atoms with Crippen molar-refractivity contribution < 1.29 is 9.53 Å². The Labute approximate surface area is 148 Å². The fourth-order valence-electron chi connectivity index (χ4n) is 2.11. The average molecular weight is 404 g/mol. The Morgan fingerprint density at radius 1 is 1.52 bits per heavy atom. The van der Waals surface area contributed by atoms with Gasteiger partial charge in [-0.25, -0.2) is 9.78 Å². The van der Waals surface area contributed by atoms with Crippen molar-refractivity contribution in [2.24, 2.45) is 0 Å². The minimum Gasteiger partial charge on any atom is -0.444 e. The molecular formula is C15H20BrClN4O2. The smallest absolute Gasteiger partial charge is 0.407 e. The Morgan fingerprint density at radius 3 is 2.87 bits per heavy atom. The third-order valence-electron chi connectivity index (χ3n) is 3.11. The number of nitrogens with zero attached hydrogens (tertiary/aromatic N) is 3. The zero-order valence-electron chi connectivity index (χ0n) is 13.6. The van der Waals surface area contributed by atoms with Crippen LogP contribution in [0.1, 0.15) is 34.1 Å². The SMILES string of the molecule is CC(CCn1nc(Br)c2c(Cl)nccc21)NC(=O)OC(C)(C)C. The van der Waals surface area contributed by atoms with E-state index in [4.69, 9.17) is 16.3 Å². The molecule has 0 aliphatic carbocycles. The van der Waals surface area contributed by atoms with Crippen LogP contribution in [-0.2, 0) is 11.3 Å². The Hall–Kier alpha value is -1.34. The molecule has 0 radical (unpaired) electrons. The second kappa shape index (κ2) is 7.05. The third-order valence-corrected chi connectivity index (χ3v) is 3.95. The van der Waals surface area contributed by atoms with Crippen molar-refractivity contribution in [3.05, 3.63) is 22.0 Å². The van der Waals surface area contributed by atoms with E-state index in [9.17, 15) is 4.79 Å². The summed E-state index contributed by atoms with van der Waals surface area (Å²) in [6, 6.07) is 1.82. The Kier molecular flexibility index (Phi) is 5.52. The monoisotopic (exact) mass is 402 g/mol. The number of alkyl carbamates (subject to hydrolysis) is 1. The molecule has 0 aliphatic rings. The molecule has 2 rings (SSSR count). The maximum atomic E-state index is 11.8. The number of pyridine rings is 1. The van der Waals surface area contributed by atoms with E-state index in [1.54, 1.807) is 6.20 Å². The van der Waals surface area contributed by atoms with Crippen LogP contribution in [0.5, 0.6) is 0 Å². The van der Waals surface area contributed by atoms with Gasteiger partial charge in [0, 0.05) is 18.8 Å². The molecule has 1 amide bonds. The van der Waals surface area contributed by atoms with Gasteiger partial charge in [0.05, 0.1) is 10.9 Å². The van der Waals surface area contributed by atoms with Gasteiger partial charge in [-0.3, -0.25) is 4.68 Å². The number of nitrogens with one attached hydrogen (secondary N) is 1. The maximum absolute atomic E-state index is 11.8. The van der Waals surface area contributed by atoms with Crippen molar-refractivity contribution in [1.82, 2.24) is 20.1 Å². The number of hydrogen-bond donors (Lipinski definition) is 1. The number of ether oxygens (including phenoxy) is 1. The summed E-state index contributed by atoms with van der Waals surface area (Å²) in [5.74, 6) is 0. The summed E-state index contributed by atoms with van der Waals surface area (Å²) in [6.07, 6.45) is 1.95. The van der Waals surface area contributed by atoms with Crippen LogP contribution >= 0.6 is 27.5 Å². The molecule has 0 bridgehead atoms. The van der Waals surface area contributed by atoms with Gasteiger partial charge in [-0.2, -0.15) is 5.10 Å². The van der Waals surface area contributed by atoms with E-state index in [1.807, 2.05) is 38.4 Å². The van der Waals surface area contributed by atoms with Gasteiger partial charge in [-0.05, 0) is 56.1 Å². The number of halogens is 2. The molecule has 0 spiro atoms. The highest BCUT2D eigenvalue weighted by molar-refractivity contribution is 9.10. The van der Waals surface area contributed by atoms with Crippen LogP contribution in [0.25, 0.3) is 10.9 Å². The lowest BCUT2D eigenvalue weighted by Gasteiger charge is -2.22. The molecule has 8 heteroatoms. The average Bonchev–Trinajstić information content (AvgIpc) is 2.72. The van der Waals surface area contributed by atoms with Gasteiger partial charge in [0.2, 0.25) is 0 Å². The molecule has 0 aliphatic heterocycles. The zero-order valence-corrected chi connectivity index (χ0v) is 15.9. The number of aryl methyl sites for hydroxylation is 1. The fraction of sp³-hybridized carbons (Fsp3) is 0.533. The van der Waals surface area contributed by atoms with Crippen molar-refractivity contribution in [1.29, 1.82) is 0 Å². The topological polar surface area (TPSA) is 69.0 Å². The Morgan fingerprint density at radius 2 is 2.22 bits per heavy atom. The highest BCUT2D eigenvalue weighted by Crippen LogP contribution is 2.28. The van der Waals surface area contributed by atoms with Gasteiger partial charge in [-0.1, -0.05) is 11.6 Å². The van der Waals surface area contributed by atoms with Gasteiger partial charge in [0.15, 0.2) is 0 Å². The Bertz CT molecular complexity index is 711. The lowest BCUT2D eigenvalue weighted by atomic mass is 10.2. The summed E-state index contributed by atoms with van der Waals surface area (Å²) in [4.78, 5) is 15.8. The fourth-order valence-corrected chi connectivity index (χ4v) is 3.05. The lowest BCUT2D eigenvalue weighted by Crippen LogP contribution is -2.38. The van der Waals surface area contributed by atoms with E-state index >= 15 is 0 Å². The van der Waals surface area contributed by atoms with Crippen LogP contribution in [0.3, 0.4) is 0 Å². The van der Waals surface area contributed by atoms with Gasteiger partial charge >= 0.3 is 6.09 Å². The van der Waals surface area contributed by atoms with Crippen LogP contribution in [-0.4, -0.2) is 32.5 Å². The Balaban J connectivity index is 1.99. The molecule has 2 aromatic heterocycles. The molecule has 0 saturated carbocycles. The molecule has 2 aromatic rings. The highest BCUT2D eigenvalue weighted by atomic mass is 79.9. The standard InChI is InChI=1S/C15H20BrClN4O2/c1-9(19-14(22)23-15(2,3)4)6-8-21-10-5-7-18-13(17)11(10)12(16)20-21/h5,7,9H,6,8H2,1-4H3,(H,19,22). The number of hydrogen-bond acceptors (Lipinski definition) is 4. The van der Waals surface area contributed by atoms with Crippen molar-refractivity contribution in [2.45, 2.75) is 52.3 Å². The van der Waals surface area contributed by atoms with Crippen LogP contribution in [0.4, 0.5) is 4.79 Å². The summed E-state index contributed by atoms with van der Waals surface area (Å²) < 4.78 is 7.76. The molecule has 2 heterocycles. The number of aromatic nitrogens is 3. The predicted molar refractivity (Wildman–Crippen MR) is 93.7 cm³/mol. The number of carbonyl (C=O) groups excluding carboxylic acids is 1. The van der Waals surface area contributed by atoms with Gasteiger partial charge in [0.25, 0.3) is 0 Å². The van der Waals surface area contributed by atoms with E-state index in [0.29, 0.717) is 22.7 Å². The van der Waals surface area contributed by atoms with E-state index < -0.39 is 11.7 Å². The van der Waals surface area contributed by atoms with Gasteiger partial charge in [0.1, 0.15) is 15.4 Å². The van der Waals surface area contributed by atoms with Crippen LogP contribution in [0.2, 0.25) is 5.15 Å². The van der Waals surface area contributed by atoms with E-state index in [-0.39, 0.29) is 6.04 Å². The quantitative estimate of drug-likeness (QED) is 0.779. The minimum atomic E-state index is -0.503. The molecule has 0 aromatic carbocycles. The maximum Gasteiger partial charge on any atom is 0.407 e. The summed E-state index contributed by atoms with van der Waals surface area (Å²) in [6.45, 7) is 8.08. The van der Waals surface area contributed by atoms with Crippen molar-refractivity contribution in [3.63, 3.8) is 0 Å². The van der Waals surface area contributed by atoms with Crippen molar-refractivity contribution >= 4 is 44.5 Å². The molecule has 1 N–H and O–H groups in total. The van der Waals surface area contributed by atoms with Gasteiger partial charge in [-0.15, -0.1) is 0 Å². The second-order valence-electron chi connectivity index (χ2n) is 6.35. The predicted octanol–water partition coefficient (Wildman–Crippen LogP) is 4.15. The largest absolute Gasteiger partial charge is 0.444 e. The third kappa shape index (κ3) is 4.81. The normalized spacial score (nSPS) is 13.1. The summed E-state index contributed by atoms with van der Waals surface area (Å²) in [5.41, 5.74) is 0.401. The highest BCUT2D eigenvalue weighted by Gasteiger charge is 2.18. The summed E-state index contributed by atoms with van der Waals surface area (Å²) in [5, 5.41) is 8.46. The van der Waals surface area contributed by atoms with E-state index in [1.165, 1.54) is 0 Å². The summed E-state index contributed by atoms with van der Waals surface area (Å²) in [7, 11) is 0. The van der Waals surface area contributed by atoms with Crippen LogP contribution in [0.15, 0.2) is 16.9 Å². The summed E-state index contributed by atoms with van der Waals surface area (Å²) >= 11 is 9.50. The first kappa shape index (κ1) is 18.0. The zero-order chi connectivity index (χ0) is 17.2. The molecule has 6 nitrogen and oxygen atoms in total. The van der Waals surface area contributed by atoms with Crippen molar-refractivity contribution in [3.8, 4) is 0 Å². The molecule has 1 unspecified atom stereocenters. The molecule has 1 atom stereocenters. The minimum absolute atomic E-state index is 0.0415. The van der Waals surface area contributed by atoms with E-state index in [0.717, 1.165) is 10.9 Å². The second-order valence-corrected chi connectivity index (χ2v) is 7.45. The number of amides is 1. The van der Waals surface area contributed by atoms with Crippen LogP contribution in [0, 0.1) is 0 Å². The molecule has 23 heavy (non-hydrogen) atoms.